The Kier molecular flexibility index (Phi) is 3.63. The van der Waals surface area contributed by atoms with Crippen molar-refractivity contribution in [3.05, 3.63) is 24.2 Å². The highest BCUT2D eigenvalue weighted by molar-refractivity contribution is 7.98. The molecule has 3 N–H and O–H groups in total. The quantitative estimate of drug-likeness (QED) is 0.830. The third-order valence-corrected chi connectivity index (χ3v) is 2.87. The zero-order valence-corrected chi connectivity index (χ0v) is 9.83. The molecule has 0 amide bonds. The van der Waals surface area contributed by atoms with Crippen LogP contribution in [0.5, 0.6) is 0 Å². The number of hydrogen-bond donors (Lipinski definition) is 2. The summed E-state index contributed by atoms with van der Waals surface area (Å²) >= 11 is 1.75. The molecule has 86 valence electrons. The molecule has 0 aliphatic rings. The highest BCUT2D eigenvalue weighted by Gasteiger charge is 2.15. The Bertz CT molecular complexity index is 426. The van der Waals surface area contributed by atoms with Crippen molar-refractivity contribution in [2.24, 2.45) is 5.73 Å². The van der Waals surface area contributed by atoms with Gasteiger partial charge < -0.3 is 15.2 Å². The number of aromatic amines is 1. The summed E-state index contributed by atoms with van der Waals surface area (Å²) in [5.74, 6) is 2.04. The highest BCUT2D eigenvalue weighted by Crippen LogP contribution is 2.18. The van der Waals surface area contributed by atoms with Crippen LogP contribution in [-0.4, -0.2) is 27.1 Å². The Morgan fingerprint density at radius 2 is 2.50 bits per heavy atom. The predicted octanol–water partition coefficient (Wildman–Crippen LogP) is 1.82. The predicted molar refractivity (Wildman–Crippen MR) is 64.0 cm³/mol. The van der Waals surface area contributed by atoms with Gasteiger partial charge in [0.15, 0.2) is 0 Å². The van der Waals surface area contributed by atoms with E-state index in [-0.39, 0.29) is 6.04 Å². The van der Waals surface area contributed by atoms with Gasteiger partial charge >= 0.3 is 0 Å². The van der Waals surface area contributed by atoms with Crippen LogP contribution in [-0.2, 0) is 0 Å². The molecule has 5 nitrogen and oxygen atoms in total. The first-order valence-corrected chi connectivity index (χ1v) is 6.42. The summed E-state index contributed by atoms with van der Waals surface area (Å²) in [6.45, 7) is 0. The Balaban J connectivity index is 2.07. The second-order valence-corrected chi connectivity index (χ2v) is 4.41. The van der Waals surface area contributed by atoms with E-state index >= 15 is 0 Å². The van der Waals surface area contributed by atoms with E-state index in [1.807, 2.05) is 24.6 Å². The van der Waals surface area contributed by atoms with Gasteiger partial charge in [-0.25, -0.2) is 0 Å². The molecule has 16 heavy (non-hydrogen) atoms. The fourth-order valence-electron chi connectivity index (χ4n) is 1.33. The van der Waals surface area contributed by atoms with Crippen LogP contribution in [0.1, 0.15) is 18.4 Å². The summed E-state index contributed by atoms with van der Waals surface area (Å²) in [6.07, 6.45) is 4.71. The van der Waals surface area contributed by atoms with Gasteiger partial charge in [0.1, 0.15) is 0 Å². The van der Waals surface area contributed by atoms with Gasteiger partial charge in [-0.2, -0.15) is 16.7 Å². The molecule has 0 aliphatic carbocycles. The van der Waals surface area contributed by atoms with E-state index < -0.39 is 0 Å². The van der Waals surface area contributed by atoms with Gasteiger partial charge in [-0.15, -0.1) is 0 Å². The van der Waals surface area contributed by atoms with E-state index in [0.717, 1.165) is 17.9 Å². The zero-order valence-electron chi connectivity index (χ0n) is 9.01. The van der Waals surface area contributed by atoms with E-state index in [1.165, 1.54) is 0 Å². The molecule has 0 radical (unpaired) electrons. The van der Waals surface area contributed by atoms with E-state index in [2.05, 4.69) is 15.1 Å². The molecule has 2 rings (SSSR count). The largest absolute Gasteiger partial charge is 0.359 e. The second kappa shape index (κ2) is 5.18. The molecule has 2 heterocycles. The summed E-state index contributed by atoms with van der Waals surface area (Å²) in [7, 11) is 0. The van der Waals surface area contributed by atoms with Crippen LogP contribution < -0.4 is 5.73 Å². The molecule has 0 saturated carbocycles. The van der Waals surface area contributed by atoms with Gasteiger partial charge in [-0.05, 0) is 30.6 Å². The lowest BCUT2D eigenvalue weighted by Gasteiger charge is -2.03. The van der Waals surface area contributed by atoms with Crippen molar-refractivity contribution in [2.75, 3.05) is 12.0 Å². The third kappa shape index (κ3) is 2.45. The van der Waals surface area contributed by atoms with E-state index in [1.54, 1.807) is 11.8 Å². The average molecular weight is 238 g/mol. The van der Waals surface area contributed by atoms with Gasteiger partial charge in [-0.1, -0.05) is 5.16 Å². The molecule has 6 heteroatoms. The van der Waals surface area contributed by atoms with Crippen molar-refractivity contribution >= 4 is 11.8 Å². The minimum atomic E-state index is -0.177. The maximum absolute atomic E-state index is 5.93. The molecular formula is C10H14N4OS. The molecular weight excluding hydrogens is 224 g/mol. The molecule has 0 aliphatic heterocycles. The minimum Gasteiger partial charge on any atom is -0.359 e. The monoisotopic (exact) mass is 238 g/mol. The van der Waals surface area contributed by atoms with E-state index in [0.29, 0.717) is 11.7 Å². The molecule has 0 unspecified atom stereocenters. The first-order chi connectivity index (χ1) is 7.81. The first-order valence-electron chi connectivity index (χ1n) is 5.03. The van der Waals surface area contributed by atoms with Gasteiger partial charge in [0.25, 0.3) is 0 Å². The molecule has 0 saturated heterocycles. The number of nitrogens with zero attached hydrogens (tertiary/aromatic N) is 2. The van der Waals surface area contributed by atoms with E-state index in [9.17, 15) is 0 Å². The van der Waals surface area contributed by atoms with Crippen molar-refractivity contribution in [2.45, 2.75) is 12.5 Å². The Labute approximate surface area is 97.8 Å². The zero-order chi connectivity index (χ0) is 11.4. The lowest BCUT2D eigenvalue weighted by molar-refractivity contribution is 0.353. The summed E-state index contributed by atoms with van der Waals surface area (Å²) in [6, 6.07) is 3.60. The maximum atomic E-state index is 5.93. The van der Waals surface area contributed by atoms with Gasteiger partial charge in [0.2, 0.25) is 11.7 Å². The summed E-state index contributed by atoms with van der Waals surface area (Å²) in [4.78, 5) is 7.28. The number of nitrogens with one attached hydrogen (secondary N) is 1. The first kappa shape index (κ1) is 11.2. The smallest absolute Gasteiger partial charge is 0.243 e. The number of thioether (sulfide) groups is 1. The summed E-state index contributed by atoms with van der Waals surface area (Å²) in [5.41, 5.74) is 6.77. The standard InChI is InChI=1S/C10H14N4OS/c1-16-6-4-7(11)10-13-9(14-15-10)8-3-2-5-12-8/h2-3,5,7,12H,4,6,11H2,1H3/t7-/m0/s1. The maximum Gasteiger partial charge on any atom is 0.243 e. The van der Waals surface area contributed by atoms with Crippen molar-refractivity contribution in [1.82, 2.24) is 15.1 Å². The van der Waals surface area contributed by atoms with Gasteiger partial charge in [0, 0.05) is 6.20 Å². The van der Waals surface area contributed by atoms with Crippen LogP contribution in [0, 0.1) is 0 Å². The normalized spacial score (nSPS) is 12.9. The Morgan fingerprint density at radius 3 is 3.19 bits per heavy atom. The number of hydrogen-bond acceptors (Lipinski definition) is 5. The van der Waals surface area contributed by atoms with Crippen LogP contribution in [0.4, 0.5) is 0 Å². The number of H-pyrrole nitrogens is 1. The van der Waals surface area contributed by atoms with Crippen LogP contribution in [0.2, 0.25) is 0 Å². The van der Waals surface area contributed by atoms with Crippen LogP contribution >= 0.6 is 11.8 Å². The fraction of sp³-hybridized carbons (Fsp3) is 0.400. The van der Waals surface area contributed by atoms with Crippen molar-refractivity contribution in [3.63, 3.8) is 0 Å². The molecule has 0 spiro atoms. The topological polar surface area (TPSA) is 80.7 Å². The summed E-state index contributed by atoms with van der Waals surface area (Å²) < 4.78 is 5.13. The lowest BCUT2D eigenvalue weighted by Crippen LogP contribution is -2.11. The SMILES string of the molecule is CSCC[C@H](N)c1nc(-c2ccc[nH]2)no1. The molecule has 0 aromatic carbocycles. The highest BCUT2D eigenvalue weighted by atomic mass is 32.2. The number of nitrogens with two attached hydrogens (primary N) is 1. The average Bonchev–Trinajstić information content (AvgIpc) is 2.94. The summed E-state index contributed by atoms with van der Waals surface area (Å²) in [5, 5.41) is 3.88. The van der Waals surface area contributed by atoms with Crippen LogP contribution in [0.3, 0.4) is 0 Å². The Morgan fingerprint density at radius 1 is 1.62 bits per heavy atom. The van der Waals surface area contributed by atoms with Crippen molar-refractivity contribution in [1.29, 1.82) is 0 Å². The van der Waals surface area contributed by atoms with Gasteiger partial charge in [0.05, 0.1) is 11.7 Å². The fourth-order valence-corrected chi connectivity index (χ4v) is 1.82. The number of aromatic nitrogens is 3. The lowest BCUT2D eigenvalue weighted by atomic mass is 10.2. The molecule has 2 aromatic rings. The molecule has 2 aromatic heterocycles. The van der Waals surface area contributed by atoms with Crippen LogP contribution in [0.15, 0.2) is 22.9 Å². The van der Waals surface area contributed by atoms with Gasteiger partial charge in [-0.3, -0.25) is 0 Å². The van der Waals surface area contributed by atoms with Crippen molar-refractivity contribution in [3.8, 4) is 11.5 Å². The van der Waals surface area contributed by atoms with Crippen molar-refractivity contribution < 1.29 is 4.52 Å². The Hall–Kier alpha value is -1.27. The number of rotatable bonds is 5. The van der Waals surface area contributed by atoms with Crippen LogP contribution in [0.25, 0.3) is 11.5 Å². The van der Waals surface area contributed by atoms with E-state index in [4.69, 9.17) is 10.3 Å². The molecule has 0 fully saturated rings. The molecule has 0 bridgehead atoms. The third-order valence-electron chi connectivity index (χ3n) is 2.23. The second-order valence-electron chi connectivity index (χ2n) is 3.43. The minimum absolute atomic E-state index is 0.177. The molecule has 1 atom stereocenters.